The molecule has 164 valence electrons. The van der Waals surface area contributed by atoms with Gasteiger partial charge in [0.15, 0.2) is 5.82 Å². The van der Waals surface area contributed by atoms with Crippen molar-refractivity contribution >= 4 is 22.9 Å². The first kappa shape index (κ1) is 20.8. The molecule has 0 spiro atoms. The predicted octanol–water partition coefficient (Wildman–Crippen LogP) is 4.50. The number of anilines is 1. The quantitative estimate of drug-likeness (QED) is 0.407. The Morgan fingerprint density at radius 2 is 1.91 bits per heavy atom. The average molecular weight is 456 g/mol. The van der Waals surface area contributed by atoms with E-state index >= 15 is 0 Å². The molecule has 0 saturated carbocycles. The molecule has 8 nitrogen and oxygen atoms in total. The Bertz CT molecular complexity index is 1400. The van der Waals surface area contributed by atoms with Crippen LogP contribution in [0.4, 0.5) is 5.69 Å². The number of nitrogens with zero attached hydrogens (tertiary/aromatic N) is 6. The zero-order valence-corrected chi connectivity index (χ0v) is 19.0. The molecule has 0 bridgehead atoms. The van der Waals surface area contributed by atoms with Crippen LogP contribution in [0.5, 0.6) is 0 Å². The number of benzene rings is 2. The normalized spacial score (nSPS) is 11.0. The van der Waals surface area contributed by atoms with Crippen LogP contribution in [-0.2, 0) is 6.54 Å². The highest BCUT2D eigenvalue weighted by atomic mass is 32.1. The number of rotatable bonds is 6. The van der Waals surface area contributed by atoms with Gasteiger partial charge in [0.25, 0.3) is 5.91 Å². The van der Waals surface area contributed by atoms with Crippen LogP contribution in [0.2, 0.25) is 0 Å². The Morgan fingerprint density at radius 1 is 1.06 bits per heavy atom. The van der Waals surface area contributed by atoms with E-state index in [1.807, 2.05) is 84.6 Å². The third-order valence-electron chi connectivity index (χ3n) is 5.27. The molecule has 2 aromatic carbocycles. The fraction of sp³-hybridized carbons (Fsp3) is 0.125. The van der Waals surface area contributed by atoms with Crippen molar-refractivity contribution in [2.75, 3.05) is 5.32 Å². The van der Waals surface area contributed by atoms with Crippen molar-refractivity contribution in [1.82, 2.24) is 30.0 Å². The van der Waals surface area contributed by atoms with Crippen LogP contribution in [0.3, 0.4) is 0 Å². The van der Waals surface area contributed by atoms with Crippen molar-refractivity contribution in [3.63, 3.8) is 0 Å². The van der Waals surface area contributed by atoms with Crippen LogP contribution in [0.15, 0.2) is 72.2 Å². The van der Waals surface area contributed by atoms with Gasteiger partial charge in [0.05, 0.1) is 22.7 Å². The van der Waals surface area contributed by atoms with E-state index in [9.17, 15) is 4.79 Å². The lowest BCUT2D eigenvalue weighted by Crippen LogP contribution is -2.13. The minimum absolute atomic E-state index is 0.221. The van der Waals surface area contributed by atoms with Gasteiger partial charge in [-0.05, 0) is 59.0 Å². The second kappa shape index (κ2) is 8.79. The van der Waals surface area contributed by atoms with Gasteiger partial charge >= 0.3 is 0 Å². The Balaban J connectivity index is 1.46. The summed E-state index contributed by atoms with van der Waals surface area (Å²) in [5.41, 5.74) is 4.77. The summed E-state index contributed by atoms with van der Waals surface area (Å²) in [6, 6.07) is 19.7. The van der Waals surface area contributed by atoms with Gasteiger partial charge in [-0.25, -0.2) is 0 Å². The van der Waals surface area contributed by atoms with E-state index < -0.39 is 0 Å². The fourth-order valence-electron chi connectivity index (χ4n) is 3.60. The molecule has 0 unspecified atom stereocenters. The highest BCUT2D eigenvalue weighted by Gasteiger charge is 2.20. The minimum Gasteiger partial charge on any atom is -0.322 e. The molecule has 0 atom stereocenters. The number of amides is 1. The number of carbonyl (C=O) groups excluding carboxylic acids is 1. The number of carbonyl (C=O) groups is 1. The lowest BCUT2D eigenvalue weighted by molar-refractivity contribution is 0.102. The number of tetrazole rings is 1. The summed E-state index contributed by atoms with van der Waals surface area (Å²) >= 11 is 1.56. The molecule has 1 amide bonds. The molecule has 0 fully saturated rings. The highest BCUT2D eigenvalue weighted by Crippen LogP contribution is 2.28. The topological polar surface area (TPSA) is 90.5 Å². The Labute approximate surface area is 194 Å². The maximum Gasteiger partial charge on any atom is 0.259 e. The zero-order chi connectivity index (χ0) is 22.8. The van der Waals surface area contributed by atoms with E-state index in [0.29, 0.717) is 29.3 Å². The molecule has 9 heteroatoms. The number of aryl methyl sites for hydroxylation is 2. The van der Waals surface area contributed by atoms with E-state index in [0.717, 1.165) is 21.7 Å². The van der Waals surface area contributed by atoms with Crippen molar-refractivity contribution in [2.45, 2.75) is 20.4 Å². The average Bonchev–Trinajstić information content (AvgIpc) is 3.57. The smallest absolute Gasteiger partial charge is 0.259 e. The molecular weight excluding hydrogens is 434 g/mol. The third kappa shape index (κ3) is 4.31. The van der Waals surface area contributed by atoms with Gasteiger partial charge < -0.3 is 5.32 Å². The van der Waals surface area contributed by atoms with Crippen molar-refractivity contribution < 1.29 is 4.79 Å². The first-order chi connectivity index (χ1) is 16.1. The Hall–Kier alpha value is -4.11. The standard InChI is InChI=1S/C24H21N7OS/c1-16-10-11-19(13-21(16)31-17(2)26-28-29-31)25-24(32)20-15-30(14-18-7-4-3-5-8-18)27-23(20)22-9-6-12-33-22/h3-13,15H,14H2,1-2H3,(H,25,32). The number of thiophene rings is 1. The van der Waals surface area contributed by atoms with Crippen LogP contribution in [0.25, 0.3) is 16.3 Å². The van der Waals surface area contributed by atoms with Crippen LogP contribution < -0.4 is 5.32 Å². The fourth-order valence-corrected chi connectivity index (χ4v) is 4.33. The van der Waals surface area contributed by atoms with E-state index in [1.54, 1.807) is 22.2 Å². The second-order valence-corrected chi connectivity index (χ2v) is 8.59. The Morgan fingerprint density at radius 3 is 2.64 bits per heavy atom. The molecule has 5 aromatic rings. The summed E-state index contributed by atoms with van der Waals surface area (Å²) in [5.74, 6) is 0.449. The monoisotopic (exact) mass is 455 g/mol. The van der Waals surface area contributed by atoms with E-state index in [-0.39, 0.29) is 5.91 Å². The largest absolute Gasteiger partial charge is 0.322 e. The van der Waals surface area contributed by atoms with Crippen molar-refractivity contribution in [3.05, 3.63) is 94.8 Å². The molecule has 0 saturated heterocycles. The maximum atomic E-state index is 13.3. The molecule has 0 aliphatic rings. The number of nitrogens with one attached hydrogen (secondary N) is 1. The van der Waals surface area contributed by atoms with Gasteiger partial charge in [-0.2, -0.15) is 9.78 Å². The summed E-state index contributed by atoms with van der Waals surface area (Å²) in [7, 11) is 0. The molecule has 0 radical (unpaired) electrons. The number of aromatic nitrogens is 6. The van der Waals surface area contributed by atoms with Crippen LogP contribution in [0.1, 0.15) is 27.3 Å². The van der Waals surface area contributed by atoms with Crippen LogP contribution >= 0.6 is 11.3 Å². The van der Waals surface area contributed by atoms with E-state index in [1.165, 1.54) is 0 Å². The van der Waals surface area contributed by atoms with Gasteiger partial charge in [-0.3, -0.25) is 9.48 Å². The summed E-state index contributed by atoms with van der Waals surface area (Å²) in [4.78, 5) is 14.3. The molecule has 0 aliphatic heterocycles. The van der Waals surface area contributed by atoms with E-state index in [2.05, 4.69) is 20.8 Å². The summed E-state index contributed by atoms with van der Waals surface area (Å²) < 4.78 is 3.46. The van der Waals surface area contributed by atoms with Crippen molar-refractivity contribution in [1.29, 1.82) is 0 Å². The van der Waals surface area contributed by atoms with Gasteiger partial charge in [0.2, 0.25) is 0 Å². The molecule has 3 aromatic heterocycles. The highest BCUT2D eigenvalue weighted by molar-refractivity contribution is 7.13. The lowest BCUT2D eigenvalue weighted by atomic mass is 10.1. The SMILES string of the molecule is Cc1ccc(NC(=O)c2cn(Cc3ccccc3)nc2-c2cccs2)cc1-n1nnnc1C. The Kier molecular flexibility index (Phi) is 5.54. The minimum atomic E-state index is -0.221. The van der Waals surface area contributed by atoms with Crippen molar-refractivity contribution in [2.24, 2.45) is 0 Å². The molecule has 0 aliphatic carbocycles. The first-order valence-electron chi connectivity index (χ1n) is 10.4. The molecular formula is C24H21N7OS. The lowest BCUT2D eigenvalue weighted by Gasteiger charge is -2.10. The van der Waals surface area contributed by atoms with Gasteiger partial charge in [-0.15, -0.1) is 16.4 Å². The zero-order valence-electron chi connectivity index (χ0n) is 18.1. The van der Waals surface area contributed by atoms with Crippen LogP contribution in [-0.4, -0.2) is 35.9 Å². The van der Waals surface area contributed by atoms with Gasteiger partial charge in [0.1, 0.15) is 5.69 Å². The summed E-state index contributed by atoms with van der Waals surface area (Å²) in [5, 5.41) is 21.4. The van der Waals surface area contributed by atoms with Gasteiger partial charge in [0, 0.05) is 11.9 Å². The van der Waals surface area contributed by atoms with E-state index in [4.69, 9.17) is 5.10 Å². The molecule has 33 heavy (non-hydrogen) atoms. The number of hydrogen-bond donors (Lipinski definition) is 1. The third-order valence-corrected chi connectivity index (χ3v) is 6.15. The summed E-state index contributed by atoms with van der Waals surface area (Å²) in [6.07, 6.45) is 1.80. The molecule has 3 heterocycles. The number of hydrogen-bond acceptors (Lipinski definition) is 6. The predicted molar refractivity (Wildman–Crippen MR) is 128 cm³/mol. The molecule has 1 N–H and O–H groups in total. The van der Waals surface area contributed by atoms with Gasteiger partial charge in [-0.1, -0.05) is 42.5 Å². The summed E-state index contributed by atoms with van der Waals surface area (Å²) in [6.45, 7) is 4.39. The second-order valence-electron chi connectivity index (χ2n) is 7.65. The maximum absolute atomic E-state index is 13.3. The first-order valence-corrected chi connectivity index (χ1v) is 11.3. The molecule has 5 rings (SSSR count). The van der Waals surface area contributed by atoms with Crippen molar-refractivity contribution in [3.8, 4) is 16.3 Å². The van der Waals surface area contributed by atoms with Crippen LogP contribution in [0, 0.1) is 13.8 Å².